The van der Waals surface area contributed by atoms with Crippen LogP contribution in [-0.4, -0.2) is 22.6 Å². The molecule has 0 saturated carbocycles. The van der Waals surface area contributed by atoms with Crippen molar-refractivity contribution in [2.75, 3.05) is 0 Å². The Morgan fingerprint density at radius 2 is 1.93 bits per heavy atom. The molecule has 0 bridgehead atoms. The molecular weight excluding hydrogens is 347 g/mol. The third-order valence-corrected chi connectivity index (χ3v) is 4.45. The Labute approximate surface area is 156 Å². The summed E-state index contributed by atoms with van der Waals surface area (Å²) in [5, 5.41) is 32.2. The van der Waals surface area contributed by atoms with E-state index in [4.69, 9.17) is 10.00 Å². The van der Waals surface area contributed by atoms with Gasteiger partial charge in [0.2, 0.25) is 6.19 Å². The predicted octanol–water partition coefficient (Wildman–Crippen LogP) is 2.79. The molecule has 2 atom stereocenters. The van der Waals surface area contributed by atoms with Crippen molar-refractivity contribution in [1.29, 1.82) is 10.5 Å². The van der Waals surface area contributed by atoms with Gasteiger partial charge in [0, 0.05) is 11.1 Å². The van der Waals surface area contributed by atoms with Crippen molar-refractivity contribution in [2.24, 2.45) is 4.99 Å². The number of nitrogens with one attached hydrogen (secondary N) is 1. The quantitative estimate of drug-likeness (QED) is 0.485. The molecule has 2 unspecified atom stereocenters. The van der Waals surface area contributed by atoms with Gasteiger partial charge in [0.25, 0.3) is 0 Å². The zero-order chi connectivity index (χ0) is 19.6. The molecule has 1 aliphatic heterocycles. The highest BCUT2D eigenvalue weighted by atomic mass is 19.1. The normalized spacial score (nSPS) is 20.6. The average Bonchev–Trinajstić information content (AvgIpc) is 2.65. The Hall–Kier alpha value is -3.42. The van der Waals surface area contributed by atoms with E-state index < -0.39 is 23.6 Å². The minimum absolute atomic E-state index is 0.188. The Morgan fingerprint density at radius 3 is 2.56 bits per heavy atom. The maximum Gasteiger partial charge on any atom is 0.207 e. The predicted molar refractivity (Wildman–Crippen MR) is 96.3 cm³/mol. The maximum absolute atomic E-state index is 13.2. The fraction of sp³-hybridized carbons (Fsp3) is 0.250. The van der Waals surface area contributed by atoms with Gasteiger partial charge < -0.3 is 15.2 Å². The summed E-state index contributed by atoms with van der Waals surface area (Å²) < 4.78 is 19.1. The number of aliphatic hydroxyl groups is 1. The van der Waals surface area contributed by atoms with Gasteiger partial charge in [-0.2, -0.15) is 15.5 Å². The van der Waals surface area contributed by atoms with Crippen molar-refractivity contribution >= 4 is 5.84 Å². The van der Waals surface area contributed by atoms with Crippen molar-refractivity contribution in [1.82, 2.24) is 5.32 Å². The van der Waals surface area contributed by atoms with E-state index in [1.165, 1.54) is 24.3 Å². The van der Waals surface area contributed by atoms with Crippen LogP contribution in [0, 0.1) is 28.6 Å². The Morgan fingerprint density at radius 1 is 1.22 bits per heavy atom. The second-order valence-electron chi connectivity index (χ2n) is 6.70. The van der Waals surface area contributed by atoms with Crippen molar-refractivity contribution in [2.45, 2.75) is 31.6 Å². The molecule has 2 aromatic rings. The summed E-state index contributed by atoms with van der Waals surface area (Å²) in [6, 6.07) is 11.8. The molecule has 3 rings (SSSR count). The molecule has 0 aromatic heterocycles. The number of ether oxygens (including phenoxy) is 1. The van der Waals surface area contributed by atoms with Gasteiger partial charge in [-0.25, -0.2) is 4.39 Å². The first-order valence-corrected chi connectivity index (χ1v) is 8.26. The molecule has 2 aromatic carbocycles. The molecule has 0 fully saturated rings. The van der Waals surface area contributed by atoms with Gasteiger partial charge in [-0.3, -0.25) is 0 Å². The van der Waals surface area contributed by atoms with E-state index in [1.807, 2.05) is 0 Å². The van der Waals surface area contributed by atoms with Crippen molar-refractivity contribution in [3.8, 4) is 18.0 Å². The first kappa shape index (κ1) is 18.4. The molecular formula is C20H17FN4O2. The summed E-state index contributed by atoms with van der Waals surface area (Å²) in [5.41, 5.74) is 0.567. The van der Waals surface area contributed by atoms with Crippen LogP contribution in [0.25, 0.3) is 0 Å². The second-order valence-corrected chi connectivity index (χ2v) is 6.70. The van der Waals surface area contributed by atoms with Gasteiger partial charge in [-0.1, -0.05) is 0 Å². The highest BCUT2D eigenvalue weighted by Crippen LogP contribution is 2.40. The molecule has 0 radical (unpaired) electrons. The highest BCUT2D eigenvalue weighted by Gasteiger charge is 2.43. The van der Waals surface area contributed by atoms with E-state index in [1.54, 1.807) is 38.2 Å². The number of fused-ring (bicyclic) bond motifs is 1. The molecule has 0 saturated heterocycles. The van der Waals surface area contributed by atoms with E-state index in [0.29, 0.717) is 22.4 Å². The summed E-state index contributed by atoms with van der Waals surface area (Å²) in [7, 11) is 0. The van der Waals surface area contributed by atoms with Crippen LogP contribution in [0.2, 0.25) is 0 Å². The van der Waals surface area contributed by atoms with E-state index in [2.05, 4.69) is 16.4 Å². The third kappa shape index (κ3) is 3.59. The Kier molecular flexibility index (Phi) is 4.81. The van der Waals surface area contributed by atoms with Crippen LogP contribution in [0.5, 0.6) is 5.75 Å². The minimum atomic E-state index is -0.997. The number of nitriles is 2. The lowest BCUT2D eigenvalue weighted by Gasteiger charge is -2.42. The van der Waals surface area contributed by atoms with Crippen molar-refractivity contribution < 1.29 is 14.2 Å². The number of aliphatic imine (C=N–C) groups is 1. The molecule has 7 heteroatoms. The zero-order valence-electron chi connectivity index (χ0n) is 14.8. The monoisotopic (exact) mass is 364 g/mol. The summed E-state index contributed by atoms with van der Waals surface area (Å²) in [4.78, 5) is 3.79. The first-order valence-electron chi connectivity index (χ1n) is 8.26. The first-order chi connectivity index (χ1) is 12.9. The molecule has 136 valence electrons. The number of amidine groups is 1. The number of hydrogen-bond donors (Lipinski definition) is 2. The maximum atomic E-state index is 13.2. The highest BCUT2D eigenvalue weighted by molar-refractivity contribution is 5.99. The van der Waals surface area contributed by atoms with Crippen LogP contribution in [0.15, 0.2) is 47.5 Å². The van der Waals surface area contributed by atoms with Crippen LogP contribution >= 0.6 is 0 Å². The number of aliphatic hydroxyl groups excluding tert-OH is 1. The average molecular weight is 364 g/mol. The number of hydrogen-bond acceptors (Lipinski definition) is 5. The molecule has 2 N–H and O–H groups in total. The SMILES string of the molecule is CC1(C)Oc2ccc(C#N)cc2C(NC(=NC#N)c2ccc(F)cc2)C1O. The van der Waals surface area contributed by atoms with Gasteiger partial charge >= 0.3 is 0 Å². The third-order valence-electron chi connectivity index (χ3n) is 4.45. The summed E-state index contributed by atoms with van der Waals surface area (Å²) in [6.07, 6.45) is 0.722. The van der Waals surface area contributed by atoms with E-state index in [-0.39, 0.29) is 5.84 Å². The van der Waals surface area contributed by atoms with E-state index in [0.717, 1.165) is 0 Å². The standard InChI is InChI=1S/C20H17FN4O2/c1-20(2)18(26)17(15-9-12(10-22)3-8-16(15)27-20)25-19(24-11-23)13-4-6-14(21)7-5-13/h3-9,17-18,26H,1-2H3,(H,24,25). The topological polar surface area (TPSA) is 101 Å². The second kappa shape index (κ2) is 7.06. The zero-order valence-corrected chi connectivity index (χ0v) is 14.8. The van der Waals surface area contributed by atoms with Gasteiger partial charge in [0.15, 0.2) is 0 Å². The molecule has 0 spiro atoms. The molecule has 6 nitrogen and oxygen atoms in total. The van der Waals surface area contributed by atoms with E-state index in [9.17, 15) is 14.8 Å². The van der Waals surface area contributed by atoms with Gasteiger partial charge in [0.05, 0.1) is 17.7 Å². The van der Waals surface area contributed by atoms with Gasteiger partial charge in [0.1, 0.15) is 29.1 Å². The summed E-state index contributed by atoms with van der Waals surface area (Å²) in [6.45, 7) is 3.49. The van der Waals surface area contributed by atoms with Crippen LogP contribution in [0.3, 0.4) is 0 Å². The fourth-order valence-electron chi connectivity index (χ4n) is 3.01. The lowest BCUT2D eigenvalue weighted by molar-refractivity contribution is -0.0610. The molecule has 1 heterocycles. The lowest BCUT2D eigenvalue weighted by Crippen LogP contribution is -2.53. The molecule has 1 aliphatic rings. The largest absolute Gasteiger partial charge is 0.485 e. The summed E-state index contributed by atoms with van der Waals surface area (Å²) in [5.74, 6) is 0.302. The number of halogens is 1. The van der Waals surface area contributed by atoms with Crippen LogP contribution < -0.4 is 10.1 Å². The smallest absolute Gasteiger partial charge is 0.207 e. The van der Waals surface area contributed by atoms with Crippen LogP contribution in [0.1, 0.15) is 36.6 Å². The Balaban J connectivity index is 2.06. The van der Waals surface area contributed by atoms with Crippen LogP contribution in [0.4, 0.5) is 4.39 Å². The Bertz CT molecular complexity index is 971. The van der Waals surface area contributed by atoms with E-state index >= 15 is 0 Å². The van der Waals surface area contributed by atoms with Crippen LogP contribution in [-0.2, 0) is 0 Å². The fourth-order valence-corrected chi connectivity index (χ4v) is 3.01. The molecule has 27 heavy (non-hydrogen) atoms. The van der Waals surface area contributed by atoms with Crippen molar-refractivity contribution in [3.63, 3.8) is 0 Å². The molecule has 0 aliphatic carbocycles. The van der Waals surface area contributed by atoms with Gasteiger partial charge in [-0.05, 0) is 56.3 Å². The van der Waals surface area contributed by atoms with Gasteiger partial charge in [-0.15, -0.1) is 0 Å². The summed E-state index contributed by atoms with van der Waals surface area (Å²) >= 11 is 0. The number of rotatable bonds is 2. The minimum Gasteiger partial charge on any atom is -0.485 e. The number of benzene rings is 2. The lowest BCUT2D eigenvalue weighted by atomic mass is 9.85. The number of nitrogens with zero attached hydrogens (tertiary/aromatic N) is 3. The van der Waals surface area contributed by atoms with Crippen molar-refractivity contribution in [3.05, 3.63) is 65.0 Å². The molecule has 0 amide bonds.